The normalized spacial score (nSPS) is 17.0. The van der Waals surface area contributed by atoms with Crippen LogP contribution in [0.15, 0.2) is 0 Å². The van der Waals surface area contributed by atoms with Crippen molar-refractivity contribution in [2.45, 2.75) is 121 Å². The summed E-state index contributed by atoms with van der Waals surface area (Å²) >= 11 is 0. The van der Waals surface area contributed by atoms with E-state index in [9.17, 15) is 68.1 Å². The first-order valence-corrected chi connectivity index (χ1v) is 17.8. The summed E-state index contributed by atoms with van der Waals surface area (Å²) in [6.07, 6.45) is -3.39. The summed E-state index contributed by atoms with van der Waals surface area (Å²) in [4.78, 5) is 138. The van der Waals surface area contributed by atoms with Crippen molar-refractivity contribution in [3.63, 3.8) is 0 Å². The van der Waals surface area contributed by atoms with Crippen molar-refractivity contribution >= 4 is 65.2 Å². The molecule has 1 rings (SSSR count). The topological polar surface area (TPSA) is 390 Å². The molecule has 0 spiro atoms. The minimum absolute atomic E-state index is 0.0493. The molecule has 8 amide bonds. The second-order valence-electron chi connectivity index (χ2n) is 14.0. The average molecular weight is 800 g/mol. The van der Waals surface area contributed by atoms with Crippen LogP contribution in [0.3, 0.4) is 0 Å². The predicted molar refractivity (Wildman–Crippen MR) is 191 cm³/mol. The van der Waals surface area contributed by atoms with Gasteiger partial charge in [0.15, 0.2) is 0 Å². The van der Waals surface area contributed by atoms with E-state index in [-0.39, 0.29) is 32.2 Å². The number of aliphatic carboxylic acids is 3. The molecule has 314 valence electrons. The number of nitrogens with zero attached hydrogens (tertiary/aromatic N) is 1. The Kier molecular flexibility index (Phi) is 19.3. The van der Waals surface area contributed by atoms with Gasteiger partial charge in [0.25, 0.3) is 0 Å². The number of hydrogen-bond donors (Lipinski definition) is 11. The van der Waals surface area contributed by atoms with Crippen molar-refractivity contribution in [3.8, 4) is 0 Å². The fraction of sp³-hybridized carbons (Fsp3) is 0.667. The maximum absolute atomic E-state index is 13.8. The van der Waals surface area contributed by atoms with Crippen LogP contribution < -0.4 is 43.8 Å². The Morgan fingerprint density at radius 3 is 1.68 bits per heavy atom. The van der Waals surface area contributed by atoms with Gasteiger partial charge in [-0.15, -0.1) is 0 Å². The highest BCUT2D eigenvalue weighted by Gasteiger charge is 2.41. The van der Waals surface area contributed by atoms with E-state index in [1.165, 1.54) is 0 Å². The van der Waals surface area contributed by atoms with Gasteiger partial charge in [-0.1, -0.05) is 27.7 Å². The molecule has 1 fully saturated rings. The molecule has 23 heteroatoms. The van der Waals surface area contributed by atoms with Crippen LogP contribution in [0.1, 0.15) is 79.1 Å². The molecule has 0 aliphatic carbocycles. The van der Waals surface area contributed by atoms with Crippen LogP contribution in [0.25, 0.3) is 0 Å². The molecule has 0 radical (unpaired) electrons. The maximum atomic E-state index is 13.8. The summed E-state index contributed by atoms with van der Waals surface area (Å²) < 4.78 is 0. The Labute approximate surface area is 321 Å². The van der Waals surface area contributed by atoms with Crippen LogP contribution in [-0.2, 0) is 52.7 Å². The molecule has 56 heavy (non-hydrogen) atoms. The molecule has 0 aromatic carbocycles. The average Bonchev–Trinajstić information content (AvgIpc) is 3.58. The molecular formula is C33H53N9O14. The Balaban J connectivity index is 3.30. The number of carbonyl (C=O) groups excluding carboxylic acids is 8. The molecule has 1 heterocycles. The maximum Gasteiger partial charge on any atom is 0.326 e. The third kappa shape index (κ3) is 15.8. The van der Waals surface area contributed by atoms with Gasteiger partial charge in [0.05, 0.1) is 18.9 Å². The van der Waals surface area contributed by atoms with Gasteiger partial charge in [-0.25, -0.2) is 4.79 Å². The smallest absolute Gasteiger partial charge is 0.326 e. The molecule has 0 unspecified atom stereocenters. The summed E-state index contributed by atoms with van der Waals surface area (Å²) in [5.41, 5.74) is 16.1. The monoisotopic (exact) mass is 799 g/mol. The van der Waals surface area contributed by atoms with E-state index in [1.807, 2.05) is 0 Å². The number of carbonyl (C=O) groups is 11. The zero-order chi connectivity index (χ0) is 43.0. The van der Waals surface area contributed by atoms with E-state index in [4.69, 9.17) is 17.2 Å². The van der Waals surface area contributed by atoms with Gasteiger partial charge in [0.2, 0.25) is 47.3 Å². The number of primary amides is 2. The van der Waals surface area contributed by atoms with Crippen molar-refractivity contribution in [2.75, 3.05) is 6.54 Å². The summed E-state index contributed by atoms with van der Waals surface area (Å²) in [6.45, 7) is 6.32. The number of amides is 8. The Morgan fingerprint density at radius 2 is 1.18 bits per heavy atom. The van der Waals surface area contributed by atoms with Gasteiger partial charge < -0.3 is 64.0 Å². The van der Waals surface area contributed by atoms with Crippen LogP contribution >= 0.6 is 0 Å². The molecule has 1 saturated heterocycles. The highest BCUT2D eigenvalue weighted by Crippen LogP contribution is 2.20. The first kappa shape index (κ1) is 48.1. The third-order valence-electron chi connectivity index (χ3n) is 8.67. The first-order chi connectivity index (χ1) is 26.0. The second kappa shape index (κ2) is 22.5. The van der Waals surface area contributed by atoms with Crippen molar-refractivity contribution in [1.29, 1.82) is 0 Å². The van der Waals surface area contributed by atoms with Crippen molar-refractivity contribution < 1.29 is 68.1 Å². The third-order valence-corrected chi connectivity index (χ3v) is 8.67. The fourth-order valence-electron chi connectivity index (χ4n) is 5.62. The number of nitrogens with two attached hydrogens (primary N) is 3. The number of carboxylic acids is 3. The molecule has 14 N–H and O–H groups in total. The lowest BCUT2D eigenvalue weighted by atomic mass is 9.99. The van der Waals surface area contributed by atoms with Crippen LogP contribution in [-0.4, -0.2) is 134 Å². The van der Waals surface area contributed by atoms with E-state index in [1.54, 1.807) is 27.7 Å². The number of carboxylic acid groups (broad SMARTS) is 3. The SMILES string of the molecule is CC(C)[C@H](NC(=O)[C@@H](NC(=O)[C@@H]1CCCN1C(=O)[C@H](CC(N)=O)NC(=O)[C@H](CCC(=O)O)NC(=O)[C@H](CC(=O)O)NC(=O)[C@@H](N)CCC(N)=O)C(C)C)C(=O)O. The van der Waals surface area contributed by atoms with E-state index < -0.39 is 145 Å². The zero-order valence-corrected chi connectivity index (χ0v) is 31.6. The second-order valence-corrected chi connectivity index (χ2v) is 14.0. The molecule has 0 saturated carbocycles. The van der Waals surface area contributed by atoms with E-state index in [2.05, 4.69) is 26.6 Å². The van der Waals surface area contributed by atoms with E-state index in [0.29, 0.717) is 0 Å². The molecule has 7 atom stereocenters. The Morgan fingerprint density at radius 1 is 0.625 bits per heavy atom. The largest absolute Gasteiger partial charge is 0.481 e. The molecule has 0 aromatic heterocycles. The zero-order valence-electron chi connectivity index (χ0n) is 31.6. The van der Waals surface area contributed by atoms with Gasteiger partial charge in [-0.05, 0) is 37.5 Å². The van der Waals surface area contributed by atoms with Gasteiger partial charge in [-0.3, -0.25) is 47.9 Å². The predicted octanol–water partition coefficient (Wildman–Crippen LogP) is -4.39. The van der Waals surface area contributed by atoms with Crippen molar-refractivity contribution in [1.82, 2.24) is 31.5 Å². The molecule has 0 aromatic rings. The van der Waals surface area contributed by atoms with Gasteiger partial charge in [-0.2, -0.15) is 0 Å². The summed E-state index contributed by atoms with van der Waals surface area (Å²) in [6, 6.07) is -10.5. The van der Waals surface area contributed by atoms with E-state index >= 15 is 0 Å². The molecule has 23 nitrogen and oxygen atoms in total. The van der Waals surface area contributed by atoms with Gasteiger partial charge in [0.1, 0.15) is 36.3 Å². The van der Waals surface area contributed by atoms with Crippen LogP contribution in [0.4, 0.5) is 0 Å². The highest BCUT2D eigenvalue weighted by molar-refractivity contribution is 5.99. The van der Waals surface area contributed by atoms with Crippen LogP contribution in [0.2, 0.25) is 0 Å². The standard InChI is InChI=1S/C33H53N9O14/c1-14(2)25(31(53)41-26(15(3)4)33(55)56)40-30(52)20-6-5-11-42(20)32(54)19(12-22(36)44)39-28(50)17(8-10-23(45)46)37-29(51)18(13-24(47)48)38-27(49)16(34)7-9-21(35)43/h14-20,25-26H,5-13,34H2,1-4H3,(H2,35,43)(H2,36,44)(H,37,51)(H,38,49)(H,39,50)(H,40,52)(H,41,53)(H,45,46)(H,47,48)(H,55,56)/t16-,17-,18-,19-,20-,25-,26-/m0/s1. The highest BCUT2D eigenvalue weighted by atomic mass is 16.4. The summed E-state index contributed by atoms with van der Waals surface area (Å²) in [7, 11) is 0. The molecule has 0 bridgehead atoms. The summed E-state index contributed by atoms with van der Waals surface area (Å²) in [5.74, 6) is -13.2. The van der Waals surface area contributed by atoms with Crippen LogP contribution in [0.5, 0.6) is 0 Å². The first-order valence-electron chi connectivity index (χ1n) is 17.8. The lowest BCUT2D eigenvalue weighted by Crippen LogP contribution is -2.60. The molecule has 1 aliphatic heterocycles. The number of likely N-dealkylation sites (tertiary alicyclic amines) is 1. The lowest BCUT2D eigenvalue weighted by molar-refractivity contribution is -0.145. The van der Waals surface area contributed by atoms with Crippen molar-refractivity contribution in [3.05, 3.63) is 0 Å². The van der Waals surface area contributed by atoms with E-state index in [0.717, 1.165) is 4.90 Å². The molecule has 1 aliphatic rings. The summed E-state index contributed by atoms with van der Waals surface area (Å²) in [5, 5.41) is 39.6. The number of rotatable bonds is 24. The fourth-order valence-corrected chi connectivity index (χ4v) is 5.62. The number of hydrogen-bond acceptors (Lipinski definition) is 12. The van der Waals surface area contributed by atoms with Crippen molar-refractivity contribution in [2.24, 2.45) is 29.0 Å². The lowest BCUT2D eigenvalue weighted by Gasteiger charge is -2.31. The Bertz CT molecular complexity index is 1520. The molecular weight excluding hydrogens is 746 g/mol. The van der Waals surface area contributed by atoms with Gasteiger partial charge >= 0.3 is 17.9 Å². The minimum Gasteiger partial charge on any atom is -0.481 e. The minimum atomic E-state index is -1.86. The van der Waals surface area contributed by atoms with Gasteiger partial charge in [0, 0.05) is 19.4 Å². The quantitative estimate of drug-likeness (QED) is 0.0439. The van der Waals surface area contributed by atoms with Crippen LogP contribution in [0, 0.1) is 11.8 Å². The number of nitrogens with one attached hydrogen (secondary N) is 5. The Hall–Kier alpha value is -5.87.